The second-order valence-corrected chi connectivity index (χ2v) is 5.86. The van der Waals surface area contributed by atoms with Crippen molar-refractivity contribution in [2.45, 2.75) is 0 Å². The SMILES string of the molecule is COc1cc(/C=N\Nc2cccc(Cl)c2)ccc1OC(=O)c1cccnc1. The fourth-order valence-corrected chi connectivity index (χ4v) is 2.42. The average Bonchev–Trinajstić information content (AvgIpc) is 2.69. The zero-order valence-electron chi connectivity index (χ0n) is 14.4. The first-order chi connectivity index (χ1) is 13.2. The van der Waals surface area contributed by atoms with Crippen LogP contribution in [0.3, 0.4) is 0 Å². The van der Waals surface area contributed by atoms with Gasteiger partial charge < -0.3 is 9.47 Å². The summed E-state index contributed by atoms with van der Waals surface area (Å²) in [7, 11) is 1.50. The number of rotatable bonds is 6. The number of ether oxygens (including phenoxy) is 2. The van der Waals surface area contributed by atoms with Gasteiger partial charge in [-0.2, -0.15) is 5.10 Å². The minimum atomic E-state index is -0.509. The molecule has 0 saturated heterocycles. The topological polar surface area (TPSA) is 72.8 Å². The highest BCUT2D eigenvalue weighted by molar-refractivity contribution is 6.30. The summed E-state index contributed by atoms with van der Waals surface area (Å²) < 4.78 is 10.7. The molecule has 0 spiro atoms. The largest absolute Gasteiger partial charge is 0.493 e. The number of nitrogens with zero attached hydrogens (tertiary/aromatic N) is 2. The van der Waals surface area contributed by atoms with Crippen LogP contribution in [0.1, 0.15) is 15.9 Å². The number of hydrogen-bond acceptors (Lipinski definition) is 6. The van der Waals surface area contributed by atoms with Crippen LogP contribution >= 0.6 is 11.6 Å². The number of methoxy groups -OCH3 is 1. The Morgan fingerprint density at radius 3 is 2.78 bits per heavy atom. The molecule has 1 aromatic heterocycles. The predicted octanol–water partition coefficient (Wildman–Crippen LogP) is 4.41. The molecule has 0 radical (unpaired) electrons. The molecule has 0 fully saturated rings. The zero-order valence-corrected chi connectivity index (χ0v) is 15.2. The Morgan fingerprint density at radius 1 is 1.15 bits per heavy atom. The van der Waals surface area contributed by atoms with Gasteiger partial charge in [-0.05, 0) is 54.1 Å². The molecule has 0 unspecified atom stereocenters. The van der Waals surface area contributed by atoms with Crippen molar-refractivity contribution in [3.8, 4) is 11.5 Å². The van der Waals surface area contributed by atoms with Crippen molar-refractivity contribution in [3.63, 3.8) is 0 Å². The van der Waals surface area contributed by atoms with Crippen molar-refractivity contribution >= 4 is 29.5 Å². The molecule has 0 atom stereocenters. The summed E-state index contributed by atoms with van der Waals surface area (Å²) in [6, 6.07) is 15.7. The second-order valence-electron chi connectivity index (χ2n) is 5.42. The van der Waals surface area contributed by atoms with E-state index in [1.807, 2.05) is 12.1 Å². The number of pyridine rings is 1. The highest BCUT2D eigenvalue weighted by Crippen LogP contribution is 2.28. The molecule has 0 aliphatic rings. The number of halogens is 1. The summed E-state index contributed by atoms with van der Waals surface area (Å²) in [6.07, 6.45) is 4.65. The molecule has 3 aromatic rings. The highest BCUT2D eigenvalue weighted by Gasteiger charge is 2.12. The van der Waals surface area contributed by atoms with E-state index < -0.39 is 5.97 Å². The number of anilines is 1. The van der Waals surface area contributed by atoms with Gasteiger partial charge in [0.05, 0.1) is 24.6 Å². The highest BCUT2D eigenvalue weighted by atomic mass is 35.5. The second kappa shape index (κ2) is 8.82. The van der Waals surface area contributed by atoms with E-state index in [9.17, 15) is 4.79 Å². The molecular formula is C20H16ClN3O3. The Labute approximate surface area is 161 Å². The Hall–Kier alpha value is -3.38. The summed E-state index contributed by atoms with van der Waals surface area (Å²) in [6.45, 7) is 0. The molecule has 1 N–H and O–H groups in total. The fraction of sp³-hybridized carbons (Fsp3) is 0.0500. The lowest BCUT2D eigenvalue weighted by molar-refractivity contribution is 0.0729. The number of benzene rings is 2. The van der Waals surface area contributed by atoms with Gasteiger partial charge in [-0.15, -0.1) is 0 Å². The number of nitrogens with one attached hydrogen (secondary N) is 1. The number of aromatic nitrogens is 1. The molecule has 136 valence electrons. The van der Waals surface area contributed by atoms with E-state index in [2.05, 4.69) is 15.5 Å². The van der Waals surface area contributed by atoms with Gasteiger partial charge in [0.1, 0.15) is 0 Å². The lowest BCUT2D eigenvalue weighted by atomic mass is 10.2. The molecule has 1 heterocycles. The third kappa shape index (κ3) is 5.05. The maximum atomic E-state index is 12.2. The maximum Gasteiger partial charge on any atom is 0.345 e. The van der Waals surface area contributed by atoms with Gasteiger partial charge in [0, 0.05) is 17.4 Å². The van der Waals surface area contributed by atoms with Crippen molar-refractivity contribution in [1.29, 1.82) is 0 Å². The van der Waals surface area contributed by atoms with E-state index in [1.165, 1.54) is 13.3 Å². The molecule has 2 aromatic carbocycles. The van der Waals surface area contributed by atoms with Crippen LogP contribution in [0.5, 0.6) is 11.5 Å². The van der Waals surface area contributed by atoms with Crippen LogP contribution in [-0.4, -0.2) is 24.3 Å². The van der Waals surface area contributed by atoms with Gasteiger partial charge in [0.2, 0.25) is 0 Å². The van der Waals surface area contributed by atoms with Gasteiger partial charge in [0.15, 0.2) is 11.5 Å². The Morgan fingerprint density at radius 2 is 2.04 bits per heavy atom. The van der Waals surface area contributed by atoms with E-state index in [1.54, 1.807) is 54.9 Å². The first-order valence-electron chi connectivity index (χ1n) is 8.00. The van der Waals surface area contributed by atoms with Crippen molar-refractivity contribution in [3.05, 3.63) is 83.1 Å². The third-order valence-electron chi connectivity index (χ3n) is 3.52. The summed E-state index contributed by atoms with van der Waals surface area (Å²) in [4.78, 5) is 16.1. The van der Waals surface area contributed by atoms with E-state index in [4.69, 9.17) is 21.1 Å². The Bertz CT molecular complexity index is 962. The number of carbonyl (C=O) groups excluding carboxylic acids is 1. The van der Waals surface area contributed by atoms with Gasteiger partial charge in [-0.25, -0.2) is 4.79 Å². The standard InChI is InChI=1S/C20H16ClN3O3/c1-26-19-10-14(12-23-24-17-6-2-5-16(21)11-17)7-8-18(19)27-20(25)15-4-3-9-22-13-15/h2-13,24H,1H3/b23-12-. The molecule has 3 rings (SSSR count). The van der Waals surface area contributed by atoms with Crippen molar-refractivity contribution < 1.29 is 14.3 Å². The monoisotopic (exact) mass is 381 g/mol. The Kier molecular flexibility index (Phi) is 6.02. The lowest BCUT2D eigenvalue weighted by Gasteiger charge is -2.09. The van der Waals surface area contributed by atoms with Crippen LogP contribution in [-0.2, 0) is 0 Å². The molecule has 7 heteroatoms. The van der Waals surface area contributed by atoms with Gasteiger partial charge in [-0.1, -0.05) is 17.7 Å². The molecule has 0 aliphatic heterocycles. The van der Waals surface area contributed by atoms with Crippen molar-refractivity contribution in [1.82, 2.24) is 4.98 Å². The molecular weight excluding hydrogens is 366 g/mol. The zero-order chi connectivity index (χ0) is 19.1. The molecule has 27 heavy (non-hydrogen) atoms. The summed E-state index contributed by atoms with van der Waals surface area (Å²) in [5.41, 5.74) is 4.79. The van der Waals surface area contributed by atoms with Crippen LogP contribution in [0.2, 0.25) is 5.02 Å². The van der Waals surface area contributed by atoms with E-state index >= 15 is 0 Å². The van der Waals surface area contributed by atoms with E-state index in [-0.39, 0.29) is 0 Å². The number of hydrazone groups is 1. The maximum absolute atomic E-state index is 12.2. The molecule has 0 aliphatic carbocycles. The minimum absolute atomic E-state index is 0.311. The summed E-state index contributed by atoms with van der Waals surface area (Å²) >= 11 is 5.93. The van der Waals surface area contributed by atoms with Crippen LogP contribution in [0, 0.1) is 0 Å². The van der Waals surface area contributed by atoms with Crippen LogP contribution in [0.15, 0.2) is 72.1 Å². The van der Waals surface area contributed by atoms with Crippen LogP contribution in [0.25, 0.3) is 0 Å². The van der Waals surface area contributed by atoms with Gasteiger partial charge in [0.25, 0.3) is 0 Å². The van der Waals surface area contributed by atoms with Crippen molar-refractivity contribution in [2.24, 2.45) is 5.10 Å². The molecule has 0 bridgehead atoms. The molecule has 0 saturated carbocycles. The number of hydrogen-bond donors (Lipinski definition) is 1. The first-order valence-corrected chi connectivity index (χ1v) is 8.38. The normalized spacial score (nSPS) is 10.6. The quantitative estimate of drug-likeness (QED) is 0.296. The van der Waals surface area contributed by atoms with Crippen LogP contribution in [0.4, 0.5) is 5.69 Å². The predicted molar refractivity (Wildman–Crippen MR) is 105 cm³/mol. The van der Waals surface area contributed by atoms with Crippen molar-refractivity contribution in [2.75, 3.05) is 12.5 Å². The minimum Gasteiger partial charge on any atom is -0.493 e. The molecule has 0 amide bonds. The van der Waals surface area contributed by atoms with Gasteiger partial charge >= 0.3 is 5.97 Å². The summed E-state index contributed by atoms with van der Waals surface area (Å²) in [5, 5.41) is 4.78. The third-order valence-corrected chi connectivity index (χ3v) is 3.75. The van der Waals surface area contributed by atoms with E-state index in [0.29, 0.717) is 22.1 Å². The number of esters is 1. The summed E-state index contributed by atoms with van der Waals surface area (Å²) in [5.74, 6) is 0.218. The fourth-order valence-electron chi connectivity index (χ4n) is 2.23. The molecule has 6 nitrogen and oxygen atoms in total. The lowest BCUT2D eigenvalue weighted by Crippen LogP contribution is -2.09. The van der Waals surface area contributed by atoms with Crippen LogP contribution < -0.4 is 14.9 Å². The number of carbonyl (C=O) groups is 1. The Balaban J connectivity index is 1.70. The van der Waals surface area contributed by atoms with Gasteiger partial charge in [-0.3, -0.25) is 10.4 Å². The average molecular weight is 382 g/mol. The first kappa shape index (κ1) is 18.4. The smallest absolute Gasteiger partial charge is 0.345 e. The van der Waals surface area contributed by atoms with E-state index in [0.717, 1.165) is 11.3 Å².